The van der Waals surface area contributed by atoms with Crippen LogP contribution in [0.1, 0.15) is 12.5 Å². The number of carboxylic acids is 1. The number of carbonyl (C=O) groups is 1. The Bertz CT molecular complexity index is 432. The predicted octanol–water partition coefficient (Wildman–Crippen LogP) is 2.07. The van der Waals surface area contributed by atoms with E-state index in [9.17, 15) is 18.0 Å². The van der Waals surface area contributed by atoms with Crippen molar-refractivity contribution in [2.45, 2.75) is 13.3 Å². The molecule has 0 heterocycles. The highest BCUT2D eigenvalue weighted by molar-refractivity contribution is 5.70. The highest BCUT2D eigenvalue weighted by Crippen LogP contribution is 2.27. The van der Waals surface area contributed by atoms with E-state index in [1.807, 2.05) is 0 Å². The van der Waals surface area contributed by atoms with Crippen LogP contribution in [0.5, 0.6) is 5.75 Å². The van der Waals surface area contributed by atoms with Gasteiger partial charge in [-0.05, 0) is 12.5 Å². The fraction of sp³-hybridized carbons (Fsp3) is 0.300. The lowest BCUT2D eigenvalue weighted by atomic mass is 10.00. The Balaban J connectivity index is 3.11. The monoisotopic (exact) mass is 234 g/mol. The first-order valence-corrected chi connectivity index (χ1v) is 4.42. The summed E-state index contributed by atoms with van der Waals surface area (Å²) in [5.74, 6) is -8.09. The van der Waals surface area contributed by atoms with Crippen molar-refractivity contribution in [1.29, 1.82) is 0 Å². The van der Waals surface area contributed by atoms with Crippen molar-refractivity contribution in [3.63, 3.8) is 0 Å². The van der Waals surface area contributed by atoms with E-state index in [-0.39, 0.29) is 12.0 Å². The topological polar surface area (TPSA) is 57.5 Å². The van der Waals surface area contributed by atoms with Crippen molar-refractivity contribution in [2.75, 3.05) is 0 Å². The van der Waals surface area contributed by atoms with Crippen LogP contribution in [0.2, 0.25) is 0 Å². The van der Waals surface area contributed by atoms with Gasteiger partial charge >= 0.3 is 5.97 Å². The Morgan fingerprint density at radius 1 is 1.38 bits per heavy atom. The normalized spacial score (nSPS) is 12.5. The molecule has 0 aromatic heterocycles. The molecule has 2 N–H and O–H groups in total. The van der Waals surface area contributed by atoms with E-state index in [0.717, 1.165) is 0 Å². The molecule has 0 aliphatic rings. The number of phenolic OH excluding ortho intramolecular Hbond substituents is 1. The number of carboxylic acid groups (broad SMARTS) is 1. The SMILES string of the molecule is CC(Cc1cc(F)c(F)c(F)c1O)C(=O)O. The first-order chi connectivity index (χ1) is 7.34. The molecule has 0 fully saturated rings. The largest absolute Gasteiger partial charge is 0.505 e. The summed E-state index contributed by atoms with van der Waals surface area (Å²) < 4.78 is 38.3. The smallest absolute Gasteiger partial charge is 0.306 e. The van der Waals surface area contributed by atoms with Crippen molar-refractivity contribution in [2.24, 2.45) is 5.92 Å². The number of hydrogen-bond acceptors (Lipinski definition) is 2. The Morgan fingerprint density at radius 3 is 2.44 bits per heavy atom. The zero-order valence-electron chi connectivity index (χ0n) is 8.30. The molecule has 0 spiro atoms. The highest BCUT2D eigenvalue weighted by Gasteiger charge is 2.21. The summed E-state index contributed by atoms with van der Waals surface area (Å²) in [5.41, 5.74) is -0.272. The zero-order valence-corrected chi connectivity index (χ0v) is 8.30. The van der Waals surface area contributed by atoms with Gasteiger partial charge in [-0.3, -0.25) is 4.79 Å². The van der Waals surface area contributed by atoms with Gasteiger partial charge < -0.3 is 10.2 Å². The summed E-state index contributed by atoms with van der Waals surface area (Å²) in [7, 11) is 0. The summed E-state index contributed by atoms with van der Waals surface area (Å²) in [6.07, 6.45) is -0.282. The Kier molecular flexibility index (Phi) is 3.41. The molecule has 1 aromatic rings. The molecular weight excluding hydrogens is 225 g/mol. The third kappa shape index (κ3) is 2.26. The molecule has 1 rings (SSSR count). The molecule has 0 aliphatic heterocycles. The van der Waals surface area contributed by atoms with E-state index in [1.54, 1.807) is 0 Å². The molecule has 6 heteroatoms. The molecule has 0 saturated carbocycles. The van der Waals surface area contributed by atoms with Gasteiger partial charge in [-0.2, -0.15) is 4.39 Å². The fourth-order valence-corrected chi connectivity index (χ4v) is 1.21. The summed E-state index contributed by atoms with van der Waals surface area (Å²) in [5, 5.41) is 17.7. The van der Waals surface area contributed by atoms with Crippen molar-refractivity contribution >= 4 is 5.97 Å². The Morgan fingerprint density at radius 2 is 1.94 bits per heavy atom. The van der Waals surface area contributed by atoms with Crippen LogP contribution in [0.4, 0.5) is 13.2 Å². The molecule has 3 nitrogen and oxygen atoms in total. The van der Waals surface area contributed by atoms with Crippen LogP contribution < -0.4 is 0 Å². The Labute approximate surface area is 89.1 Å². The number of halogens is 3. The quantitative estimate of drug-likeness (QED) is 0.787. The van der Waals surface area contributed by atoms with E-state index < -0.39 is 35.1 Å². The van der Waals surface area contributed by atoms with Crippen LogP contribution in [0.15, 0.2) is 6.07 Å². The number of aromatic hydroxyl groups is 1. The first kappa shape index (κ1) is 12.4. The molecule has 1 aromatic carbocycles. The highest BCUT2D eigenvalue weighted by atomic mass is 19.2. The van der Waals surface area contributed by atoms with Crippen LogP contribution in [-0.2, 0) is 11.2 Å². The third-order valence-electron chi connectivity index (χ3n) is 2.16. The van der Waals surface area contributed by atoms with Gasteiger partial charge in [-0.25, -0.2) is 8.78 Å². The van der Waals surface area contributed by atoms with Crippen LogP contribution in [-0.4, -0.2) is 16.2 Å². The maximum absolute atomic E-state index is 12.9. The minimum absolute atomic E-state index is 0.272. The maximum Gasteiger partial charge on any atom is 0.306 e. The van der Waals surface area contributed by atoms with Gasteiger partial charge in [0, 0.05) is 5.56 Å². The summed E-state index contributed by atoms with van der Waals surface area (Å²) in [6, 6.07) is 0.590. The third-order valence-corrected chi connectivity index (χ3v) is 2.16. The van der Waals surface area contributed by atoms with E-state index in [2.05, 4.69) is 0 Å². The minimum atomic E-state index is -1.77. The number of aliphatic carboxylic acids is 1. The van der Waals surface area contributed by atoms with Gasteiger partial charge in [0.2, 0.25) is 5.82 Å². The minimum Gasteiger partial charge on any atom is -0.505 e. The second-order valence-electron chi connectivity index (χ2n) is 3.44. The molecule has 1 atom stereocenters. The molecule has 0 bridgehead atoms. The summed E-state index contributed by atoms with van der Waals surface area (Å²) in [4.78, 5) is 10.5. The first-order valence-electron chi connectivity index (χ1n) is 4.42. The lowest BCUT2D eigenvalue weighted by Crippen LogP contribution is -2.13. The van der Waals surface area contributed by atoms with Gasteiger partial charge in [0.05, 0.1) is 5.92 Å². The average Bonchev–Trinajstić information content (AvgIpc) is 2.22. The van der Waals surface area contributed by atoms with Crippen molar-refractivity contribution in [1.82, 2.24) is 0 Å². The van der Waals surface area contributed by atoms with Crippen LogP contribution >= 0.6 is 0 Å². The average molecular weight is 234 g/mol. The molecule has 1 unspecified atom stereocenters. The zero-order chi connectivity index (χ0) is 12.5. The van der Waals surface area contributed by atoms with Crippen molar-refractivity contribution in [3.05, 3.63) is 29.1 Å². The van der Waals surface area contributed by atoms with Crippen LogP contribution in [0, 0.1) is 23.4 Å². The lowest BCUT2D eigenvalue weighted by Gasteiger charge is -2.09. The van der Waals surface area contributed by atoms with E-state index in [4.69, 9.17) is 10.2 Å². The van der Waals surface area contributed by atoms with Gasteiger partial charge in [0.1, 0.15) is 0 Å². The van der Waals surface area contributed by atoms with Crippen LogP contribution in [0.3, 0.4) is 0 Å². The van der Waals surface area contributed by atoms with Gasteiger partial charge in [0.25, 0.3) is 0 Å². The Hall–Kier alpha value is -1.72. The number of hydrogen-bond donors (Lipinski definition) is 2. The molecule has 0 radical (unpaired) electrons. The molecule has 0 saturated heterocycles. The number of benzene rings is 1. The second-order valence-corrected chi connectivity index (χ2v) is 3.44. The summed E-state index contributed by atoms with van der Waals surface area (Å²) >= 11 is 0. The lowest BCUT2D eigenvalue weighted by molar-refractivity contribution is -0.141. The fourth-order valence-electron chi connectivity index (χ4n) is 1.21. The molecular formula is C10H9F3O3. The van der Waals surface area contributed by atoms with Crippen molar-refractivity contribution < 1.29 is 28.2 Å². The van der Waals surface area contributed by atoms with Crippen LogP contribution in [0.25, 0.3) is 0 Å². The predicted molar refractivity (Wildman–Crippen MR) is 48.5 cm³/mol. The number of phenols is 1. The molecule has 16 heavy (non-hydrogen) atoms. The molecule has 88 valence electrons. The standard InChI is InChI=1S/C10H9F3O3/c1-4(10(15)16)2-5-3-6(11)7(12)8(13)9(5)14/h3-4,14H,2H2,1H3,(H,15,16). The maximum atomic E-state index is 12.9. The van der Waals surface area contributed by atoms with E-state index in [0.29, 0.717) is 6.07 Å². The molecule has 0 aliphatic carbocycles. The van der Waals surface area contributed by atoms with E-state index >= 15 is 0 Å². The van der Waals surface area contributed by atoms with Crippen molar-refractivity contribution in [3.8, 4) is 5.75 Å². The molecule has 0 amide bonds. The van der Waals surface area contributed by atoms with Gasteiger partial charge in [-0.1, -0.05) is 6.92 Å². The number of rotatable bonds is 3. The van der Waals surface area contributed by atoms with E-state index in [1.165, 1.54) is 6.92 Å². The van der Waals surface area contributed by atoms with Gasteiger partial charge in [0.15, 0.2) is 17.4 Å². The summed E-state index contributed by atoms with van der Waals surface area (Å²) in [6.45, 7) is 1.31. The second kappa shape index (κ2) is 4.42. The van der Waals surface area contributed by atoms with Gasteiger partial charge in [-0.15, -0.1) is 0 Å².